The highest BCUT2D eigenvalue weighted by Gasteiger charge is 2.46. The zero-order valence-electron chi connectivity index (χ0n) is 15.1. The fourth-order valence-electron chi connectivity index (χ4n) is 3.81. The molecular weight excluding hydrogens is 349 g/mol. The fourth-order valence-corrected chi connectivity index (χ4v) is 3.81. The molecule has 0 saturated carbocycles. The van der Waals surface area contributed by atoms with Gasteiger partial charge in [-0.3, -0.25) is 4.79 Å². The van der Waals surface area contributed by atoms with Gasteiger partial charge in [-0.1, -0.05) is 6.92 Å². The molecule has 3 atom stereocenters. The highest BCUT2D eigenvalue weighted by molar-refractivity contribution is 5.77. The summed E-state index contributed by atoms with van der Waals surface area (Å²) in [6, 6.07) is -0.459. The molecule has 0 aromatic carbocycles. The molecule has 2 aliphatic heterocycles. The van der Waals surface area contributed by atoms with Crippen LogP contribution < -0.4 is 5.32 Å². The van der Waals surface area contributed by atoms with Crippen LogP contribution in [0, 0.1) is 0 Å². The van der Waals surface area contributed by atoms with Crippen LogP contribution in [-0.2, 0) is 9.53 Å². The smallest absolute Gasteiger partial charge is 0.384 e. The molecule has 1 saturated heterocycles. The lowest BCUT2D eigenvalue weighted by Gasteiger charge is -2.32. The summed E-state index contributed by atoms with van der Waals surface area (Å²) in [5, 5.41) is 7.42. The van der Waals surface area contributed by atoms with Gasteiger partial charge >= 0.3 is 6.18 Å². The molecule has 1 fully saturated rings. The maximum atomic E-state index is 13.5. The van der Waals surface area contributed by atoms with Crippen LogP contribution in [0.25, 0.3) is 0 Å². The van der Waals surface area contributed by atoms with E-state index < -0.39 is 12.2 Å². The van der Waals surface area contributed by atoms with Crippen molar-refractivity contribution < 1.29 is 22.7 Å². The molecule has 0 bridgehead atoms. The Balaban J connectivity index is 1.86. The molecule has 1 unspecified atom stereocenters. The van der Waals surface area contributed by atoms with Gasteiger partial charge in [-0.2, -0.15) is 18.3 Å². The van der Waals surface area contributed by atoms with Gasteiger partial charge < -0.3 is 15.0 Å². The lowest BCUT2D eigenvalue weighted by atomic mass is 10.0. The van der Waals surface area contributed by atoms with E-state index in [2.05, 4.69) is 10.4 Å². The van der Waals surface area contributed by atoms with Crippen LogP contribution in [0.3, 0.4) is 0 Å². The number of amides is 1. The number of anilines is 1. The maximum absolute atomic E-state index is 13.5. The predicted molar refractivity (Wildman–Crippen MR) is 89.8 cm³/mol. The second kappa shape index (κ2) is 7.46. The molecule has 26 heavy (non-hydrogen) atoms. The minimum Gasteiger partial charge on any atom is -0.384 e. The SMILES string of the molecule is CC[C@@H]1C[C@H](C(F)(F)F)n2nc(C3CCCN3C(=O)CCOC)cc2N1. The Hall–Kier alpha value is -1.77. The number of ether oxygens (including phenoxy) is 1. The molecule has 1 aromatic rings. The number of alkyl halides is 3. The first-order chi connectivity index (χ1) is 12.3. The number of halogens is 3. The zero-order chi connectivity index (χ0) is 18.9. The quantitative estimate of drug-likeness (QED) is 0.859. The molecule has 1 amide bonds. The van der Waals surface area contributed by atoms with Crippen molar-refractivity contribution >= 4 is 11.7 Å². The van der Waals surface area contributed by atoms with Crippen molar-refractivity contribution in [3.05, 3.63) is 11.8 Å². The van der Waals surface area contributed by atoms with E-state index >= 15 is 0 Å². The number of carbonyl (C=O) groups is 1. The van der Waals surface area contributed by atoms with Crippen LogP contribution in [0.5, 0.6) is 0 Å². The lowest BCUT2D eigenvalue weighted by molar-refractivity contribution is -0.173. The van der Waals surface area contributed by atoms with Crippen molar-refractivity contribution in [1.29, 1.82) is 0 Å². The average Bonchev–Trinajstić information content (AvgIpc) is 3.23. The van der Waals surface area contributed by atoms with E-state index in [-0.39, 0.29) is 30.8 Å². The molecule has 2 aliphatic rings. The Morgan fingerprint density at radius 1 is 1.46 bits per heavy atom. The largest absolute Gasteiger partial charge is 0.410 e. The van der Waals surface area contributed by atoms with Crippen LogP contribution in [0.2, 0.25) is 0 Å². The number of hydrogen-bond acceptors (Lipinski definition) is 4. The number of hydrogen-bond donors (Lipinski definition) is 1. The van der Waals surface area contributed by atoms with Crippen LogP contribution >= 0.6 is 0 Å². The van der Waals surface area contributed by atoms with E-state index in [1.807, 2.05) is 6.92 Å². The van der Waals surface area contributed by atoms with Crippen molar-refractivity contribution in [1.82, 2.24) is 14.7 Å². The van der Waals surface area contributed by atoms with Gasteiger partial charge in [0.05, 0.1) is 24.8 Å². The lowest BCUT2D eigenvalue weighted by Crippen LogP contribution is -2.39. The average molecular weight is 374 g/mol. The Morgan fingerprint density at radius 3 is 2.88 bits per heavy atom. The summed E-state index contributed by atoms with van der Waals surface area (Å²) in [4.78, 5) is 14.1. The Kier molecular flexibility index (Phi) is 5.45. The van der Waals surface area contributed by atoms with Crippen molar-refractivity contribution in [2.75, 3.05) is 25.6 Å². The normalized spacial score (nSPS) is 25.9. The van der Waals surface area contributed by atoms with Crippen molar-refractivity contribution in [3.8, 4) is 0 Å². The monoisotopic (exact) mass is 374 g/mol. The number of likely N-dealkylation sites (tertiary alicyclic amines) is 1. The van der Waals surface area contributed by atoms with Crippen LogP contribution in [0.15, 0.2) is 6.07 Å². The Morgan fingerprint density at radius 2 is 2.23 bits per heavy atom. The van der Waals surface area contributed by atoms with Gasteiger partial charge in [0, 0.05) is 25.8 Å². The first-order valence-corrected chi connectivity index (χ1v) is 9.06. The summed E-state index contributed by atoms with van der Waals surface area (Å²) in [6.07, 6.45) is -1.98. The van der Waals surface area contributed by atoms with Gasteiger partial charge in [-0.15, -0.1) is 0 Å². The molecule has 0 aliphatic carbocycles. The van der Waals surface area contributed by atoms with E-state index in [0.717, 1.165) is 11.1 Å². The Bertz CT molecular complexity index is 646. The Labute approximate surface area is 150 Å². The van der Waals surface area contributed by atoms with E-state index in [9.17, 15) is 18.0 Å². The molecule has 9 heteroatoms. The number of rotatable bonds is 5. The second-order valence-electron chi connectivity index (χ2n) is 6.93. The van der Waals surface area contributed by atoms with E-state index in [0.29, 0.717) is 37.5 Å². The number of nitrogens with one attached hydrogen (secondary N) is 1. The van der Waals surface area contributed by atoms with Gasteiger partial charge in [-0.05, 0) is 25.7 Å². The molecule has 1 N–H and O–H groups in total. The molecule has 3 rings (SSSR count). The molecule has 1 aromatic heterocycles. The van der Waals surface area contributed by atoms with E-state index in [4.69, 9.17) is 4.74 Å². The first kappa shape index (κ1) is 19.0. The number of nitrogens with zero attached hydrogens (tertiary/aromatic N) is 3. The standard InChI is InChI=1S/C17H25F3N4O2/c1-3-11-9-14(17(18,19)20)24-15(21-11)10-12(22-24)13-5-4-7-23(13)16(25)6-8-26-2/h10-11,13-14,21H,3-9H2,1-2H3/t11-,13?,14-/m1/s1. The molecule has 0 spiro atoms. The second-order valence-corrected chi connectivity index (χ2v) is 6.93. The zero-order valence-corrected chi connectivity index (χ0v) is 15.1. The van der Waals surface area contributed by atoms with Gasteiger partial charge in [-0.25, -0.2) is 4.68 Å². The maximum Gasteiger partial charge on any atom is 0.410 e. The van der Waals surface area contributed by atoms with Crippen molar-refractivity contribution in [2.45, 2.75) is 63.3 Å². The predicted octanol–water partition coefficient (Wildman–Crippen LogP) is 3.28. The number of fused-ring (bicyclic) bond motifs is 1. The minimum absolute atomic E-state index is 0.0325. The molecule has 3 heterocycles. The third-order valence-corrected chi connectivity index (χ3v) is 5.21. The van der Waals surface area contributed by atoms with Crippen molar-refractivity contribution in [2.24, 2.45) is 0 Å². The molecular formula is C17H25F3N4O2. The van der Waals surface area contributed by atoms with E-state index in [1.165, 1.54) is 7.11 Å². The number of carbonyl (C=O) groups excluding carboxylic acids is 1. The summed E-state index contributed by atoms with van der Waals surface area (Å²) in [5.74, 6) is 0.337. The number of methoxy groups -OCH3 is 1. The fraction of sp³-hybridized carbons (Fsp3) is 0.765. The highest BCUT2D eigenvalue weighted by Crippen LogP contribution is 2.42. The van der Waals surface area contributed by atoms with Crippen LogP contribution in [0.4, 0.5) is 19.0 Å². The van der Waals surface area contributed by atoms with Gasteiger partial charge in [0.25, 0.3) is 0 Å². The molecule has 0 radical (unpaired) electrons. The summed E-state index contributed by atoms with van der Waals surface area (Å²) >= 11 is 0. The molecule has 146 valence electrons. The minimum atomic E-state index is -4.35. The topological polar surface area (TPSA) is 59.4 Å². The third kappa shape index (κ3) is 3.67. The van der Waals surface area contributed by atoms with Gasteiger partial charge in [0.15, 0.2) is 6.04 Å². The summed E-state index contributed by atoms with van der Waals surface area (Å²) in [6.45, 7) is 2.80. The third-order valence-electron chi connectivity index (χ3n) is 5.21. The van der Waals surface area contributed by atoms with Crippen LogP contribution in [0.1, 0.15) is 56.8 Å². The van der Waals surface area contributed by atoms with Gasteiger partial charge in [0.2, 0.25) is 5.91 Å². The summed E-state index contributed by atoms with van der Waals surface area (Å²) in [7, 11) is 1.53. The summed E-state index contributed by atoms with van der Waals surface area (Å²) in [5.41, 5.74) is 0.529. The van der Waals surface area contributed by atoms with Gasteiger partial charge in [0.1, 0.15) is 5.82 Å². The van der Waals surface area contributed by atoms with Crippen molar-refractivity contribution in [3.63, 3.8) is 0 Å². The number of aromatic nitrogens is 2. The first-order valence-electron chi connectivity index (χ1n) is 9.06. The van der Waals surface area contributed by atoms with Crippen LogP contribution in [-0.4, -0.2) is 53.1 Å². The van der Waals surface area contributed by atoms with E-state index in [1.54, 1.807) is 11.0 Å². The summed E-state index contributed by atoms with van der Waals surface area (Å²) < 4.78 is 46.5. The highest BCUT2D eigenvalue weighted by atomic mass is 19.4. The molecule has 6 nitrogen and oxygen atoms in total.